The predicted octanol–water partition coefficient (Wildman–Crippen LogP) is 3.26. The molecule has 0 amide bonds. The number of hydrogen-bond acceptors (Lipinski definition) is 2. The van der Waals surface area contributed by atoms with Crippen molar-refractivity contribution in [2.45, 2.75) is 18.8 Å². The lowest BCUT2D eigenvalue weighted by Gasteiger charge is -2.10. The first kappa shape index (κ1) is 10.5. The summed E-state index contributed by atoms with van der Waals surface area (Å²) in [6.45, 7) is 2.11. The summed E-state index contributed by atoms with van der Waals surface area (Å²) in [5.41, 5.74) is 0.833. The summed E-state index contributed by atoms with van der Waals surface area (Å²) >= 11 is 3.44. The number of ether oxygens (including phenoxy) is 1. The average Bonchev–Trinajstić information content (AvgIpc) is 2.91. The summed E-state index contributed by atoms with van der Waals surface area (Å²) in [7, 11) is 1.64. The van der Waals surface area contributed by atoms with E-state index in [1.807, 2.05) is 18.2 Å². The number of halogens is 1. The fourth-order valence-corrected chi connectivity index (χ4v) is 2.53. The Labute approximate surface area is 98.0 Å². The molecule has 2 rings (SSSR count). The van der Waals surface area contributed by atoms with Gasteiger partial charge in [-0.1, -0.05) is 13.0 Å². The van der Waals surface area contributed by atoms with Gasteiger partial charge in [-0.05, 0) is 46.0 Å². The molecule has 0 heterocycles. The molecule has 1 aliphatic rings. The molecule has 1 aromatic carbocycles. The van der Waals surface area contributed by atoms with Crippen LogP contribution in [0.1, 0.15) is 18.9 Å². The molecule has 0 spiro atoms. The normalized spacial score (nSPS) is 28.3. The Kier molecular flexibility index (Phi) is 2.47. The van der Waals surface area contributed by atoms with Crippen LogP contribution >= 0.6 is 15.9 Å². The Morgan fingerprint density at radius 3 is 2.67 bits per heavy atom. The summed E-state index contributed by atoms with van der Waals surface area (Å²) in [5.74, 6) is 1.27. The number of nitrogens with zero attached hydrogens (tertiary/aromatic N) is 1. The summed E-state index contributed by atoms with van der Waals surface area (Å²) in [4.78, 5) is 0. The Balaban J connectivity index is 2.40. The van der Waals surface area contributed by atoms with Crippen molar-refractivity contribution in [3.63, 3.8) is 0 Å². The van der Waals surface area contributed by atoms with Gasteiger partial charge in [-0.3, -0.25) is 0 Å². The van der Waals surface area contributed by atoms with E-state index in [-0.39, 0.29) is 5.41 Å². The highest BCUT2D eigenvalue weighted by Gasteiger charge is 2.53. The Bertz CT molecular complexity index is 438. The second kappa shape index (κ2) is 3.53. The molecule has 0 radical (unpaired) electrons. The van der Waals surface area contributed by atoms with Crippen LogP contribution in [0.3, 0.4) is 0 Å². The van der Waals surface area contributed by atoms with Crippen LogP contribution in [0.5, 0.6) is 5.75 Å². The smallest absolute Gasteiger partial charge is 0.133 e. The lowest BCUT2D eigenvalue weighted by Crippen LogP contribution is -2.05. The first-order valence-corrected chi connectivity index (χ1v) is 5.68. The van der Waals surface area contributed by atoms with Gasteiger partial charge in [-0.15, -0.1) is 0 Å². The summed E-state index contributed by atoms with van der Waals surface area (Å²) in [6.07, 6.45) is 0.961. The SMILES string of the molecule is COc1ccc(C2(C#N)CC2C)cc1Br. The molecule has 0 saturated heterocycles. The van der Waals surface area contributed by atoms with Gasteiger partial charge in [-0.2, -0.15) is 5.26 Å². The van der Waals surface area contributed by atoms with Crippen molar-refractivity contribution < 1.29 is 4.74 Å². The quantitative estimate of drug-likeness (QED) is 0.823. The average molecular weight is 266 g/mol. The van der Waals surface area contributed by atoms with Crippen LogP contribution in [0, 0.1) is 17.2 Å². The van der Waals surface area contributed by atoms with E-state index < -0.39 is 0 Å². The number of nitriles is 1. The van der Waals surface area contributed by atoms with Crippen molar-refractivity contribution in [3.05, 3.63) is 28.2 Å². The third kappa shape index (κ3) is 1.53. The van der Waals surface area contributed by atoms with Gasteiger partial charge < -0.3 is 4.74 Å². The molecular formula is C12H12BrNO. The molecule has 0 aromatic heterocycles. The van der Waals surface area contributed by atoms with E-state index in [1.165, 1.54) is 0 Å². The van der Waals surface area contributed by atoms with Gasteiger partial charge in [-0.25, -0.2) is 0 Å². The monoisotopic (exact) mass is 265 g/mol. The van der Waals surface area contributed by atoms with Crippen molar-refractivity contribution in [2.75, 3.05) is 7.11 Å². The van der Waals surface area contributed by atoms with E-state index in [9.17, 15) is 5.26 Å². The first-order valence-electron chi connectivity index (χ1n) is 4.89. The van der Waals surface area contributed by atoms with Crippen LogP contribution in [-0.2, 0) is 5.41 Å². The number of methoxy groups -OCH3 is 1. The Morgan fingerprint density at radius 1 is 1.60 bits per heavy atom. The highest BCUT2D eigenvalue weighted by atomic mass is 79.9. The molecule has 0 bridgehead atoms. The largest absolute Gasteiger partial charge is 0.496 e. The summed E-state index contributed by atoms with van der Waals surface area (Å²) in [5, 5.41) is 9.20. The third-order valence-corrected chi connectivity index (χ3v) is 3.80. The van der Waals surface area contributed by atoms with Crippen molar-refractivity contribution in [1.82, 2.24) is 0 Å². The van der Waals surface area contributed by atoms with Crippen LogP contribution < -0.4 is 4.74 Å². The molecule has 3 heteroatoms. The topological polar surface area (TPSA) is 33.0 Å². The van der Waals surface area contributed by atoms with E-state index >= 15 is 0 Å². The second-order valence-electron chi connectivity index (χ2n) is 4.04. The third-order valence-electron chi connectivity index (χ3n) is 3.18. The standard InChI is InChI=1S/C12H12BrNO/c1-8-6-12(8,7-14)9-3-4-11(15-2)10(13)5-9/h3-5,8H,6H2,1-2H3. The predicted molar refractivity (Wildman–Crippen MR) is 61.8 cm³/mol. The maximum atomic E-state index is 9.20. The van der Waals surface area contributed by atoms with Gasteiger partial charge in [0.25, 0.3) is 0 Å². The molecule has 1 aliphatic carbocycles. The Hall–Kier alpha value is -1.01. The molecule has 0 aliphatic heterocycles. The first-order chi connectivity index (χ1) is 7.14. The highest BCUT2D eigenvalue weighted by molar-refractivity contribution is 9.10. The van der Waals surface area contributed by atoms with E-state index in [2.05, 4.69) is 28.9 Å². The van der Waals surface area contributed by atoms with Crippen molar-refractivity contribution >= 4 is 15.9 Å². The fourth-order valence-electron chi connectivity index (χ4n) is 1.99. The molecule has 1 fully saturated rings. The molecule has 15 heavy (non-hydrogen) atoms. The van der Waals surface area contributed by atoms with Crippen LogP contribution in [0.15, 0.2) is 22.7 Å². The van der Waals surface area contributed by atoms with E-state index in [4.69, 9.17) is 4.74 Å². The summed E-state index contributed by atoms with van der Waals surface area (Å²) in [6, 6.07) is 8.30. The second-order valence-corrected chi connectivity index (χ2v) is 4.89. The van der Waals surface area contributed by atoms with Gasteiger partial charge >= 0.3 is 0 Å². The fraction of sp³-hybridized carbons (Fsp3) is 0.417. The molecule has 2 atom stereocenters. The number of hydrogen-bond donors (Lipinski definition) is 0. The molecule has 2 nitrogen and oxygen atoms in total. The van der Waals surface area contributed by atoms with Crippen molar-refractivity contribution in [2.24, 2.45) is 5.92 Å². The Morgan fingerprint density at radius 2 is 2.27 bits per heavy atom. The number of rotatable bonds is 2. The van der Waals surface area contributed by atoms with Crippen LogP contribution in [0.4, 0.5) is 0 Å². The van der Waals surface area contributed by atoms with Gasteiger partial charge in [0, 0.05) is 0 Å². The minimum absolute atomic E-state index is 0.255. The van der Waals surface area contributed by atoms with E-state index in [0.717, 1.165) is 22.2 Å². The molecular weight excluding hydrogens is 254 g/mol. The molecule has 1 aromatic rings. The zero-order valence-electron chi connectivity index (χ0n) is 8.75. The minimum Gasteiger partial charge on any atom is -0.496 e. The van der Waals surface area contributed by atoms with Crippen LogP contribution in [-0.4, -0.2) is 7.11 Å². The van der Waals surface area contributed by atoms with E-state index in [1.54, 1.807) is 7.11 Å². The van der Waals surface area contributed by atoms with Crippen LogP contribution in [0.25, 0.3) is 0 Å². The van der Waals surface area contributed by atoms with Gasteiger partial charge in [0.2, 0.25) is 0 Å². The minimum atomic E-state index is -0.255. The summed E-state index contributed by atoms with van der Waals surface area (Å²) < 4.78 is 6.08. The lowest BCUT2D eigenvalue weighted by atomic mass is 9.95. The van der Waals surface area contributed by atoms with E-state index in [0.29, 0.717) is 5.92 Å². The maximum absolute atomic E-state index is 9.20. The highest BCUT2D eigenvalue weighted by Crippen LogP contribution is 2.54. The van der Waals surface area contributed by atoms with Crippen LogP contribution in [0.2, 0.25) is 0 Å². The zero-order valence-corrected chi connectivity index (χ0v) is 10.3. The van der Waals surface area contributed by atoms with Gasteiger partial charge in [0.15, 0.2) is 0 Å². The van der Waals surface area contributed by atoms with Gasteiger partial charge in [0.05, 0.1) is 23.1 Å². The molecule has 2 unspecified atom stereocenters. The van der Waals surface area contributed by atoms with Crippen molar-refractivity contribution in [3.8, 4) is 11.8 Å². The molecule has 1 saturated carbocycles. The molecule has 0 N–H and O–H groups in total. The van der Waals surface area contributed by atoms with Crippen molar-refractivity contribution in [1.29, 1.82) is 5.26 Å². The maximum Gasteiger partial charge on any atom is 0.133 e. The lowest BCUT2D eigenvalue weighted by molar-refractivity contribution is 0.412. The molecule has 78 valence electrons. The zero-order chi connectivity index (χ0) is 11.1. The van der Waals surface area contributed by atoms with Gasteiger partial charge in [0.1, 0.15) is 5.75 Å². The number of benzene rings is 1.